The van der Waals surface area contributed by atoms with E-state index in [1.54, 1.807) is 42.5 Å². The van der Waals surface area contributed by atoms with Crippen molar-refractivity contribution in [1.82, 2.24) is 5.43 Å². The lowest BCUT2D eigenvalue weighted by Gasteiger charge is -2.10. The number of nitrogens with zero attached hydrogens (tertiary/aromatic N) is 1. The number of benzene rings is 4. The highest BCUT2D eigenvalue weighted by Gasteiger charge is 2.15. The minimum absolute atomic E-state index is 0.273. The van der Waals surface area contributed by atoms with Crippen molar-refractivity contribution in [3.05, 3.63) is 108 Å². The predicted molar refractivity (Wildman–Crippen MR) is 131 cm³/mol. The molecular formula is C27H21N3O4. The molecule has 4 rings (SSSR count). The molecule has 0 saturated carbocycles. The zero-order chi connectivity index (χ0) is 23.9. The lowest BCUT2D eigenvalue weighted by atomic mass is 10.0. The number of esters is 1. The van der Waals surface area contributed by atoms with Crippen LogP contribution in [0.4, 0.5) is 5.69 Å². The Balaban J connectivity index is 1.54. The van der Waals surface area contributed by atoms with E-state index in [2.05, 4.69) is 15.8 Å². The molecule has 168 valence electrons. The highest BCUT2D eigenvalue weighted by atomic mass is 16.5. The molecule has 0 aromatic heterocycles. The number of para-hydroxylation sites is 1. The van der Waals surface area contributed by atoms with Crippen LogP contribution in [0.1, 0.15) is 21.5 Å². The second-order valence-corrected chi connectivity index (χ2v) is 7.42. The van der Waals surface area contributed by atoms with Gasteiger partial charge in [0.2, 0.25) is 0 Å². The number of anilines is 1. The summed E-state index contributed by atoms with van der Waals surface area (Å²) in [4.78, 5) is 37.0. The number of rotatable bonds is 5. The molecule has 0 fully saturated rings. The Kier molecular flexibility index (Phi) is 6.74. The quantitative estimate of drug-likeness (QED) is 0.154. The summed E-state index contributed by atoms with van der Waals surface area (Å²) in [5, 5.41) is 8.15. The minimum Gasteiger partial charge on any atom is -0.422 e. The van der Waals surface area contributed by atoms with Crippen LogP contribution in [0.15, 0.2) is 96.1 Å². The van der Waals surface area contributed by atoms with Gasteiger partial charge in [-0.25, -0.2) is 10.2 Å². The van der Waals surface area contributed by atoms with E-state index in [9.17, 15) is 14.4 Å². The van der Waals surface area contributed by atoms with Crippen molar-refractivity contribution in [3.8, 4) is 5.75 Å². The summed E-state index contributed by atoms with van der Waals surface area (Å²) < 4.78 is 5.61. The van der Waals surface area contributed by atoms with E-state index >= 15 is 0 Å². The summed E-state index contributed by atoms with van der Waals surface area (Å²) in [7, 11) is 0. The van der Waals surface area contributed by atoms with Gasteiger partial charge in [0.25, 0.3) is 0 Å². The third-order valence-corrected chi connectivity index (χ3v) is 5.10. The Bertz CT molecular complexity index is 1400. The Labute approximate surface area is 196 Å². The summed E-state index contributed by atoms with van der Waals surface area (Å²) in [6.07, 6.45) is 1.36. The fourth-order valence-electron chi connectivity index (χ4n) is 3.33. The van der Waals surface area contributed by atoms with Crippen molar-refractivity contribution in [3.63, 3.8) is 0 Å². The number of nitrogens with one attached hydrogen (secondary N) is 2. The average Bonchev–Trinajstić information content (AvgIpc) is 2.86. The lowest BCUT2D eigenvalue weighted by molar-refractivity contribution is -0.136. The van der Waals surface area contributed by atoms with Crippen molar-refractivity contribution in [1.29, 1.82) is 0 Å². The van der Waals surface area contributed by atoms with Crippen LogP contribution in [0.2, 0.25) is 0 Å². The van der Waals surface area contributed by atoms with Crippen LogP contribution in [0, 0.1) is 6.92 Å². The van der Waals surface area contributed by atoms with Crippen LogP contribution < -0.4 is 15.5 Å². The summed E-state index contributed by atoms with van der Waals surface area (Å²) >= 11 is 0. The number of fused-ring (bicyclic) bond motifs is 1. The molecule has 0 saturated heterocycles. The maximum absolute atomic E-state index is 12.6. The van der Waals surface area contributed by atoms with Crippen LogP contribution in [0.3, 0.4) is 0 Å². The largest absolute Gasteiger partial charge is 0.422 e. The maximum Gasteiger partial charge on any atom is 0.343 e. The maximum atomic E-state index is 12.6. The number of carbonyl (C=O) groups excluding carboxylic acids is 3. The standard InChI is InChI=1S/C27H21N3O4/c1-18-9-5-8-14-23(18)29-25(31)26(32)30-28-17-22-21-13-7-6-10-19(21)15-16-24(22)34-27(33)20-11-3-2-4-12-20/h2-17H,1H3,(H,29,31)(H,30,32). The van der Waals surface area contributed by atoms with E-state index in [1.165, 1.54) is 6.21 Å². The molecule has 0 radical (unpaired) electrons. The highest BCUT2D eigenvalue weighted by Crippen LogP contribution is 2.27. The van der Waals surface area contributed by atoms with Gasteiger partial charge >= 0.3 is 17.8 Å². The van der Waals surface area contributed by atoms with Gasteiger partial charge in [-0.15, -0.1) is 0 Å². The molecule has 0 spiro atoms. The van der Waals surface area contributed by atoms with Gasteiger partial charge in [0.15, 0.2) is 0 Å². The summed E-state index contributed by atoms with van der Waals surface area (Å²) in [5.41, 5.74) is 4.48. The number of amides is 2. The van der Waals surface area contributed by atoms with E-state index < -0.39 is 17.8 Å². The molecule has 0 unspecified atom stereocenters. The van der Waals surface area contributed by atoms with Crippen molar-refractivity contribution in [2.75, 3.05) is 5.32 Å². The third-order valence-electron chi connectivity index (χ3n) is 5.10. The summed E-state index contributed by atoms with van der Waals surface area (Å²) in [5.74, 6) is -2.02. The average molecular weight is 451 g/mol. The third kappa shape index (κ3) is 5.16. The monoisotopic (exact) mass is 451 g/mol. The number of aryl methyl sites for hydroxylation is 1. The Morgan fingerprint density at radius 2 is 1.50 bits per heavy atom. The normalized spacial score (nSPS) is 10.7. The molecule has 0 aliphatic heterocycles. The van der Waals surface area contributed by atoms with E-state index in [-0.39, 0.29) is 5.75 Å². The van der Waals surface area contributed by atoms with E-state index in [0.29, 0.717) is 16.8 Å². The predicted octanol–water partition coefficient (Wildman–Crippen LogP) is 4.46. The number of ether oxygens (including phenoxy) is 1. The van der Waals surface area contributed by atoms with Gasteiger partial charge in [0.1, 0.15) is 5.75 Å². The SMILES string of the molecule is Cc1ccccc1NC(=O)C(=O)NN=Cc1c(OC(=O)c2ccccc2)ccc2ccccc12. The molecule has 7 heteroatoms. The first-order chi connectivity index (χ1) is 16.5. The number of hydrazone groups is 1. The smallest absolute Gasteiger partial charge is 0.343 e. The van der Waals surface area contributed by atoms with Gasteiger partial charge in [0.05, 0.1) is 11.8 Å². The van der Waals surface area contributed by atoms with Crippen LogP contribution in [-0.4, -0.2) is 24.0 Å². The molecule has 4 aromatic carbocycles. The molecule has 0 heterocycles. The van der Waals surface area contributed by atoms with Gasteiger partial charge in [-0.05, 0) is 47.5 Å². The molecule has 4 aromatic rings. The first-order valence-corrected chi connectivity index (χ1v) is 10.5. The first-order valence-electron chi connectivity index (χ1n) is 10.5. The molecule has 0 bridgehead atoms. The Morgan fingerprint density at radius 1 is 0.794 bits per heavy atom. The number of carbonyl (C=O) groups is 3. The lowest BCUT2D eigenvalue weighted by Crippen LogP contribution is -2.32. The Morgan fingerprint density at radius 3 is 2.29 bits per heavy atom. The van der Waals surface area contributed by atoms with Crippen molar-refractivity contribution < 1.29 is 19.1 Å². The second-order valence-electron chi connectivity index (χ2n) is 7.42. The van der Waals surface area contributed by atoms with Crippen LogP contribution in [0.25, 0.3) is 10.8 Å². The molecule has 0 aliphatic carbocycles. The minimum atomic E-state index is -0.928. The van der Waals surface area contributed by atoms with Crippen molar-refractivity contribution in [2.45, 2.75) is 6.92 Å². The van der Waals surface area contributed by atoms with E-state index in [1.807, 2.05) is 55.5 Å². The fourth-order valence-corrected chi connectivity index (χ4v) is 3.33. The number of hydrogen-bond acceptors (Lipinski definition) is 5. The Hall–Kier alpha value is -4.78. The second kappa shape index (κ2) is 10.2. The molecule has 34 heavy (non-hydrogen) atoms. The van der Waals surface area contributed by atoms with E-state index in [4.69, 9.17) is 4.74 Å². The van der Waals surface area contributed by atoms with Crippen LogP contribution in [0.5, 0.6) is 5.75 Å². The summed E-state index contributed by atoms with van der Waals surface area (Å²) in [6, 6.07) is 26.7. The van der Waals surface area contributed by atoms with Gasteiger partial charge in [-0.2, -0.15) is 5.10 Å². The van der Waals surface area contributed by atoms with Crippen molar-refractivity contribution in [2.24, 2.45) is 5.10 Å². The van der Waals surface area contributed by atoms with Crippen molar-refractivity contribution >= 4 is 40.5 Å². The zero-order valence-electron chi connectivity index (χ0n) is 18.3. The molecule has 2 N–H and O–H groups in total. The van der Waals surface area contributed by atoms with Gasteiger partial charge in [-0.1, -0.05) is 66.7 Å². The van der Waals surface area contributed by atoms with Crippen LogP contribution >= 0.6 is 0 Å². The molecule has 0 aliphatic rings. The molecular weight excluding hydrogens is 430 g/mol. The van der Waals surface area contributed by atoms with Gasteiger partial charge in [-0.3, -0.25) is 9.59 Å². The first kappa shape index (κ1) is 22.4. The van der Waals surface area contributed by atoms with E-state index in [0.717, 1.165) is 16.3 Å². The molecule has 7 nitrogen and oxygen atoms in total. The highest BCUT2D eigenvalue weighted by molar-refractivity contribution is 6.39. The van der Waals surface area contributed by atoms with Gasteiger partial charge in [0, 0.05) is 11.3 Å². The molecule has 0 atom stereocenters. The fraction of sp³-hybridized carbons (Fsp3) is 0.0370. The molecule has 2 amide bonds. The summed E-state index contributed by atoms with van der Waals surface area (Å²) in [6.45, 7) is 1.82. The topological polar surface area (TPSA) is 96.9 Å². The van der Waals surface area contributed by atoms with Crippen LogP contribution in [-0.2, 0) is 9.59 Å². The number of hydrogen-bond donors (Lipinski definition) is 2. The van der Waals surface area contributed by atoms with Gasteiger partial charge < -0.3 is 10.1 Å². The zero-order valence-corrected chi connectivity index (χ0v) is 18.3.